The molecule has 2 radical (unpaired) electrons. The maximum absolute atomic E-state index is 5.80. The molecular weight excluding hydrogens is 170 g/mol. The second kappa shape index (κ2) is 4.14. The van der Waals surface area contributed by atoms with Crippen molar-refractivity contribution in [3.05, 3.63) is 42.9 Å². The molecule has 1 heteroatoms. The van der Waals surface area contributed by atoms with Crippen molar-refractivity contribution in [1.82, 2.24) is 4.90 Å². The summed E-state index contributed by atoms with van der Waals surface area (Å²) in [6.45, 7) is 4.32. The van der Waals surface area contributed by atoms with E-state index < -0.39 is 0 Å². The average molecular weight is 187 g/mol. The fourth-order valence-corrected chi connectivity index (χ4v) is 2.37. The Morgan fingerprint density at radius 1 is 1.29 bits per heavy atom. The van der Waals surface area contributed by atoms with Gasteiger partial charge in [-0.05, 0) is 30.4 Å². The van der Waals surface area contributed by atoms with Gasteiger partial charge >= 0.3 is 0 Å². The van der Waals surface area contributed by atoms with E-state index in [-0.39, 0.29) is 0 Å². The van der Waals surface area contributed by atoms with Crippen molar-refractivity contribution in [3.8, 4) is 0 Å². The fourth-order valence-electron chi connectivity index (χ4n) is 2.37. The van der Waals surface area contributed by atoms with Crippen LogP contribution in [0.3, 0.4) is 0 Å². The fraction of sp³-hybridized carbons (Fsp3) is 0.462. The Hall–Kier alpha value is -0.820. The van der Waals surface area contributed by atoms with Gasteiger partial charge in [-0.25, -0.2) is 0 Å². The first-order valence-electron chi connectivity index (χ1n) is 5.32. The molecule has 1 heterocycles. The topological polar surface area (TPSA) is 3.24 Å². The lowest BCUT2D eigenvalue weighted by Gasteiger charge is -2.34. The highest BCUT2D eigenvalue weighted by molar-refractivity contribution is 5.20. The number of hydrogen-bond donors (Lipinski definition) is 0. The van der Waals surface area contributed by atoms with E-state index in [1.54, 1.807) is 0 Å². The van der Waals surface area contributed by atoms with Crippen LogP contribution < -0.4 is 0 Å². The van der Waals surface area contributed by atoms with E-state index in [4.69, 9.17) is 7.05 Å². The van der Waals surface area contributed by atoms with Crippen molar-refractivity contribution >= 4 is 0 Å². The summed E-state index contributed by atoms with van der Waals surface area (Å²) < 4.78 is 0. The first-order chi connectivity index (χ1) is 6.77. The Kier molecular flexibility index (Phi) is 2.87. The summed E-state index contributed by atoms with van der Waals surface area (Å²) in [7, 11) is 5.80. The molecule has 0 amide bonds. The van der Waals surface area contributed by atoms with Gasteiger partial charge in [0.2, 0.25) is 0 Å². The number of piperidine rings is 1. The molecule has 0 spiro atoms. The highest BCUT2D eigenvalue weighted by Crippen LogP contribution is 2.31. The second-order valence-corrected chi connectivity index (χ2v) is 4.28. The average Bonchev–Trinajstić information content (AvgIpc) is 2.19. The van der Waals surface area contributed by atoms with E-state index in [0.717, 1.165) is 13.1 Å². The van der Waals surface area contributed by atoms with Crippen molar-refractivity contribution in [2.75, 3.05) is 13.1 Å². The third-order valence-corrected chi connectivity index (χ3v) is 3.16. The minimum Gasteiger partial charge on any atom is -0.297 e. The molecule has 1 aliphatic rings. The van der Waals surface area contributed by atoms with Gasteiger partial charge in [-0.1, -0.05) is 37.3 Å². The van der Waals surface area contributed by atoms with Gasteiger partial charge in [0.1, 0.15) is 0 Å². The summed E-state index contributed by atoms with van der Waals surface area (Å²) >= 11 is 0. The van der Waals surface area contributed by atoms with Gasteiger partial charge in [0, 0.05) is 13.6 Å². The molecule has 0 N–H and O–H groups in total. The standard InChI is InChI=1S/C13H17N/c1-11-10-14(2)9-8-13(11)12-6-4-3-5-7-12/h2-7,11,13H,8-10H2,1H3. The summed E-state index contributed by atoms with van der Waals surface area (Å²) in [5, 5.41) is 0. The number of likely N-dealkylation sites (tertiary alicyclic amines) is 1. The van der Waals surface area contributed by atoms with Crippen LogP contribution in [0.15, 0.2) is 30.3 Å². The maximum atomic E-state index is 5.80. The van der Waals surface area contributed by atoms with Gasteiger partial charge in [-0.15, -0.1) is 0 Å². The molecule has 2 atom stereocenters. The highest BCUT2D eigenvalue weighted by Gasteiger charge is 2.25. The van der Waals surface area contributed by atoms with Gasteiger partial charge in [0.25, 0.3) is 0 Å². The third kappa shape index (κ3) is 1.98. The highest BCUT2D eigenvalue weighted by atomic mass is 15.1. The number of hydrogen-bond acceptors (Lipinski definition) is 1. The molecule has 1 fully saturated rings. The van der Waals surface area contributed by atoms with Crippen molar-refractivity contribution in [2.45, 2.75) is 19.3 Å². The summed E-state index contributed by atoms with van der Waals surface area (Å²) in [6, 6.07) is 10.8. The molecule has 1 aromatic carbocycles. The lowest BCUT2D eigenvalue weighted by Crippen LogP contribution is -2.34. The maximum Gasteiger partial charge on any atom is 0.0438 e. The van der Waals surface area contributed by atoms with Crippen molar-refractivity contribution in [3.63, 3.8) is 0 Å². The molecule has 1 nitrogen and oxygen atoms in total. The van der Waals surface area contributed by atoms with E-state index in [0.29, 0.717) is 11.8 Å². The Bertz CT molecular complexity index is 281. The monoisotopic (exact) mass is 187 g/mol. The summed E-state index contributed by atoms with van der Waals surface area (Å²) in [5.41, 5.74) is 1.47. The lowest BCUT2D eigenvalue weighted by atomic mass is 9.82. The molecule has 1 aliphatic heterocycles. The van der Waals surface area contributed by atoms with Gasteiger partial charge in [-0.2, -0.15) is 0 Å². The molecule has 2 unspecified atom stereocenters. The quantitative estimate of drug-likeness (QED) is 0.653. The SMILES string of the molecule is [CH]N1CCC(c2ccccc2)C(C)C1. The Morgan fingerprint density at radius 2 is 2.00 bits per heavy atom. The Balaban J connectivity index is 2.12. The zero-order chi connectivity index (χ0) is 9.97. The molecule has 1 aromatic rings. The molecule has 14 heavy (non-hydrogen) atoms. The molecule has 2 rings (SSSR count). The largest absolute Gasteiger partial charge is 0.297 e. The molecule has 0 saturated carbocycles. The Morgan fingerprint density at radius 3 is 2.64 bits per heavy atom. The van der Waals surface area contributed by atoms with Crippen LogP contribution >= 0.6 is 0 Å². The molecule has 0 bridgehead atoms. The van der Waals surface area contributed by atoms with Crippen LogP contribution in [-0.4, -0.2) is 18.0 Å². The van der Waals surface area contributed by atoms with Gasteiger partial charge in [-0.3, -0.25) is 4.90 Å². The zero-order valence-corrected chi connectivity index (χ0v) is 8.69. The molecular formula is C13H17N. The molecule has 1 saturated heterocycles. The molecule has 0 aromatic heterocycles. The predicted molar refractivity (Wildman–Crippen MR) is 58.8 cm³/mol. The van der Waals surface area contributed by atoms with E-state index >= 15 is 0 Å². The first kappa shape index (κ1) is 9.72. The molecule has 74 valence electrons. The summed E-state index contributed by atoms with van der Waals surface area (Å²) in [6.07, 6.45) is 1.18. The zero-order valence-electron chi connectivity index (χ0n) is 8.69. The van der Waals surface area contributed by atoms with Crippen LogP contribution in [0.25, 0.3) is 0 Å². The third-order valence-electron chi connectivity index (χ3n) is 3.16. The predicted octanol–water partition coefficient (Wildman–Crippen LogP) is 2.78. The van der Waals surface area contributed by atoms with Gasteiger partial charge in [0.15, 0.2) is 0 Å². The van der Waals surface area contributed by atoms with Crippen LogP contribution in [0.2, 0.25) is 0 Å². The van der Waals surface area contributed by atoms with Crippen LogP contribution in [0.4, 0.5) is 0 Å². The van der Waals surface area contributed by atoms with Crippen molar-refractivity contribution in [1.29, 1.82) is 0 Å². The number of benzene rings is 1. The lowest BCUT2D eigenvalue weighted by molar-refractivity contribution is 0.215. The van der Waals surface area contributed by atoms with Crippen LogP contribution in [0.5, 0.6) is 0 Å². The van der Waals surface area contributed by atoms with E-state index in [1.165, 1.54) is 12.0 Å². The first-order valence-corrected chi connectivity index (χ1v) is 5.32. The minimum atomic E-state index is 0.663. The number of rotatable bonds is 1. The molecule has 0 aliphatic carbocycles. The summed E-state index contributed by atoms with van der Waals surface area (Å²) in [5.74, 6) is 1.35. The van der Waals surface area contributed by atoms with Gasteiger partial charge in [0.05, 0.1) is 0 Å². The van der Waals surface area contributed by atoms with E-state index in [9.17, 15) is 0 Å². The van der Waals surface area contributed by atoms with Crippen molar-refractivity contribution < 1.29 is 0 Å². The second-order valence-electron chi connectivity index (χ2n) is 4.28. The number of nitrogens with zero attached hydrogens (tertiary/aromatic N) is 1. The Labute approximate surface area is 86.7 Å². The van der Waals surface area contributed by atoms with Gasteiger partial charge < -0.3 is 0 Å². The van der Waals surface area contributed by atoms with Crippen LogP contribution in [0.1, 0.15) is 24.8 Å². The smallest absolute Gasteiger partial charge is 0.0438 e. The van der Waals surface area contributed by atoms with E-state index in [2.05, 4.69) is 37.3 Å². The van der Waals surface area contributed by atoms with Crippen LogP contribution in [-0.2, 0) is 0 Å². The summed E-state index contributed by atoms with van der Waals surface area (Å²) in [4.78, 5) is 1.93. The van der Waals surface area contributed by atoms with Crippen LogP contribution in [0, 0.1) is 13.0 Å². The van der Waals surface area contributed by atoms with E-state index in [1.807, 2.05) is 4.90 Å². The van der Waals surface area contributed by atoms with Crippen molar-refractivity contribution in [2.24, 2.45) is 5.92 Å². The normalized spacial score (nSPS) is 29.0. The minimum absolute atomic E-state index is 0.663.